The Morgan fingerprint density at radius 2 is 1.91 bits per heavy atom. The van der Waals surface area contributed by atoms with Crippen LogP contribution in [0.15, 0.2) is 48.7 Å². The summed E-state index contributed by atoms with van der Waals surface area (Å²) in [6.07, 6.45) is 4.60. The Balaban J connectivity index is 1.29. The minimum Gasteiger partial charge on any atom is -0.376 e. The molecule has 1 aromatic carbocycles. The molecule has 2 amide bonds. The number of anilines is 1. The van der Waals surface area contributed by atoms with E-state index in [2.05, 4.69) is 22.1 Å². The molecule has 2 fully saturated rings. The topological polar surface area (TPSA) is 74.8 Å². The summed E-state index contributed by atoms with van der Waals surface area (Å²) in [6, 6.07) is 13.7. The number of piperazine rings is 1. The van der Waals surface area contributed by atoms with Gasteiger partial charge >= 0.3 is 0 Å². The fraction of sp³-hybridized carbons (Fsp3) is 0.480. The van der Waals surface area contributed by atoms with Gasteiger partial charge in [-0.3, -0.25) is 9.59 Å². The minimum absolute atomic E-state index is 0.0895. The number of carbonyl (C=O) groups is 2. The molecular weight excluding hydrogens is 404 g/mol. The first-order valence-corrected chi connectivity index (χ1v) is 11.6. The normalized spacial score (nSPS) is 19.6. The molecule has 3 heterocycles. The van der Waals surface area contributed by atoms with Crippen molar-refractivity contribution < 1.29 is 14.3 Å². The van der Waals surface area contributed by atoms with E-state index in [1.54, 1.807) is 6.20 Å². The molecule has 2 atom stereocenters. The molecule has 4 rings (SSSR count). The van der Waals surface area contributed by atoms with Crippen LogP contribution in [-0.2, 0) is 9.53 Å². The molecule has 2 aromatic rings. The molecular formula is C25H32N4O3. The molecule has 170 valence electrons. The highest BCUT2D eigenvalue weighted by molar-refractivity contribution is 5.94. The summed E-state index contributed by atoms with van der Waals surface area (Å²) in [6.45, 7) is 6.19. The standard InChI is InChI=1S/C25H32N4O3/c1-2-22(19-7-4-3-5-8-19)25(31)29-14-12-28(13-15-29)23-11-10-20(17-26-23)24(30)27-18-21-9-6-16-32-21/h3-5,7-8,10-11,17,21-22H,2,6,9,12-16,18H2,1H3,(H,27,30). The van der Waals surface area contributed by atoms with Crippen LogP contribution in [0.1, 0.15) is 48.0 Å². The Labute approximate surface area is 189 Å². The third kappa shape index (κ3) is 5.27. The number of hydrogen-bond donors (Lipinski definition) is 1. The van der Waals surface area contributed by atoms with Gasteiger partial charge in [0.05, 0.1) is 17.6 Å². The highest BCUT2D eigenvalue weighted by Crippen LogP contribution is 2.23. The van der Waals surface area contributed by atoms with Crippen LogP contribution < -0.4 is 10.2 Å². The van der Waals surface area contributed by atoms with Crippen molar-refractivity contribution in [3.63, 3.8) is 0 Å². The summed E-state index contributed by atoms with van der Waals surface area (Å²) >= 11 is 0. The number of benzene rings is 1. The van der Waals surface area contributed by atoms with Crippen molar-refractivity contribution >= 4 is 17.6 Å². The molecule has 0 bridgehead atoms. The lowest BCUT2D eigenvalue weighted by molar-refractivity contribution is -0.133. The molecule has 0 radical (unpaired) electrons. The van der Waals surface area contributed by atoms with Gasteiger partial charge in [-0.2, -0.15) is 0 Å². The average molecular weight is 437 g/mol. The largest absolute Gasteiger partial charge is 0.376 e. The van der Waals surface area contributed by atoms with E-state index >= 15 is 0 Å². The molecule has 2 aliphatic rings. The van der Waals surface area contributed by atoms with Crippen LogP contribution in [0.3, 0.4) is 0 Å². The van der Waals surface area contributed by atoms with Crippen molar-refractivity contribution in [1.82, 2.24) is 15.2 Å². The van der Waals surface area contributed by atoms with E-state index < -0.39 is 0 Å². The van der Waals surface area contributed by atoms with Gasteiger partial charge < -0.3 is 19.9 Å². The summed E-state index contributed by atoms with van der Waals surface area (Å²) in [5, 5.41) is 2.93. The first kappa shape index (κ1) is 22.3. The average Bonchev–Trinajstić information content (AvgIpc) is 3.38. The number of amides is 2. The molecule has 7 nitrogen and oxygen atoms in total. The highest BCUT2D eigenvalue weighted by atomic mass is 16.5. The van der Waals surface area contributed by atoms with Crippen molar-refractivity contribution in [1.29, 1.82) is 0 Å². The molecule has 0 saturated carbocycles. The highest BCUT2D eigenvalue weighted by Gasteiger charge is 2.28. The van der Waals surface area contributed by atoms with Crippen LogP contribution in [0.4, 0.5) is 5.82 Å². The molecule has 7 heteroatoms. The summed E-state index contributed by atoms with van der Waals surface area (Å²) in [5.41, 5.74) is 1.63. The Morgan fingerprint density at radius 1 is 1.12 bits per heavy atom. The number of rotatable bonds is 7. The zero-order chi connectivity index (χ0) is 22.3. The van der Waals surface area contributed by atoms with E-state index in [0.717, 1.165) is 50.3 Å². The lowest BCUT2D eigenvalue weighted by atomic mass is 9.95. The Bertz CT molecular complexity index is 889. The SMILES string of the molecule is CCC(C(=O)N1CCN(c2ccc(C(=O)NCC3CCCO3)cn2)CC1)c1ccccc1. The van der Waals surface area contributed by atoms with Gasteiger partial charge in [0.25, 0.3) is 5.91 Å². The van der Waals surface area contributed by atoms with Gasteiger partial charge in [0, 0.05) is 45.5 Å². The van der Waals surface area contributed by atoms with Gasteiger partial charge in [-0.15, -0.1) is 0 Å². The van der Waals surface area contributed by atoms with E-state index in [1.165, 1.54) is 0 Å². The molecule has 2 saturated heterocycles. The van der Waals surface area contributed by atoms with Crippen molar-refractivity contribution in [3.8, 4) is 0 Å². The van der Waals surface area contributed by atoms with Crippen LogP contribution in [0.25, 0.3) is 0 Å². The zero-order valence-electron chi connectivity index (χ0n) is 18.7. The maximum atomic E-state index is 13.1. The Kier molecular flexibility index (Phi) is 7.37. The van der Waals surface area contributed by atoms with Gasteiger partial charge in [-0.25, -0.2) is 4.98 Å². The monoisotopic (exact) mass is 436 g/mol. The van der Waals surface area contributed by atoms with E-state index in [9.17, 15) is 9.59 Å². The van der Waals surface area contributed by atoms with Gasteiger partial charge in [0.1, 0.15) is 5.82 Å². The fourth-order valence-electron chi connectivity index (χ4n) is 4.44. The lowest BCUT2D eigenvalue weighted by Crippen LogP contribution is -2.50. The van der Waals surface area contributed by atoms with Gasteiger partial charge in [0.2, 0.25) is 5.91 Å². The molecule has 32 heavy (non-hydrogen) atoms. The smallest absolute Gasteiger partial charge is 0.252 e. The Hall–Kier alpha value is -2.93. The van der Waals surface area contributed by atoms with Crippen LogP contribution in [-0.4, -0.2) is 67.1 Å². The molecule has 2 aliphatic heterocycles. The molecule has 1 N–H and O–H groups in total. The van der Waals surface area contributed by atoms with E-state index in [4.69, 9.17) is 4.74 Å². The maximum absolute atomic E-state index is 13.1. The number of carbonyl (C=O) groups excluding carboxylic acids is 2. The maximum Gasteiger partial charge on any atom is 0.252 e. The predicted molar refractivity (Wildman–Crippen MR) is 124 cm³/mol. The number of ether oxygens (including phenoxy) is 1. The quantitative estimate of drug-likeness (QED) is 0.723. The van der Waals surface area contributed by atoms with Crippen molar-refractivity contribution in [2.45, 2.75) is 38.2 Å². The summed E-state index contributed by atoms with van der Waals surface area (Å²) in [4.78, 5) is 34.1. The van der Waals surface area contributed by atoms with Gasteiger partial charge in [-0.05, 0) is 37.0 Å². The second kappa shape index (κ2) is 10.6. The summed E-state index contributed by atoms with van der Waals surface area (Å²) in [7, 11) is 0. The van der Waals surface area contributed by atoms with Crippen LogP contribution in [0.2, 0.25) is 0 Å². The van der Waals surface area contributed by atoms with E-state index in [1.807, 2.05) is 47.4 Å². The third-order valence-corrected chi connectivity index (χ3v) is 6.35. The molecule has 2 unspecified atom stereocenters. The second-order valence-corrected chi connectivity index (χ2v) is 8.43. The van der Waals surface area contributed by atoms with Gasteiger partial charge in [-0.1, -0.05) is 37.3 Å². The molecule has 0 spiro atoms. The van der Waals surface area contributed by atoms with E-state index in [-0.39, 0.29) is 23.8 Å². The first-order chi connectivity index (χ1) is 15.7. The third-order valence-electron chi connectivity index (χ3n) is 6.35. The number of aromatic nitrogens is 1. The van der Waals surface area contributed by atoms with Crippen LogP contribution in [0, 0.1) is 0 Å². The summed E-state index contributed by atoms with van der Waals surface area (Å²) in [5.74, 6) is 0.822. The number of nitrogens with one attached hydrogen (secondary N) is 1. The predicted octanol–water partition coefficient (Wildman–Crippen LogP) is 2.83. The number of hydrogen-bond acceptors (Lipinski definition) is 5. The van der Waals surface area contributed by atoms with E-state index in [0.29, 0.717) is 25.2 Å². The number of pyridine rings is 1. The van der Waals surface area contributed by atoms with Crippen molar-refractivity contribution in [3.05, 3.63) is 59.8 Å². The van der Waals surface area contributed by atoms with Crippen LogP contribution >= 0.6 is 0 Å². The number of nitrogens with zero attached hydrogens (tertiary/aromatic N) is 3. The Morgan fingerprint density at radius 3 is 2.53 bits per heavy atom. The zero-order valence-corrected chi connectivity index (χ0v) is 18.7. The van der Waals surface area contributed by atoms with Crippen LogP contribution in [0.5, 0.6) is 0 Å². The van der Waals surface area contributed by atoms with Crippen molar-refractivity contribution in [2.75, 3.05) is 44.2 Å². The lowest BCUT2D eigenvalue weighted by Gasteiger charge is -2.37. The van der Waals surface area contributed by atoms with Gasteiger partial charge in [0.15, 0.2) is 0 Å². The first-order valence-electron chi connectivity index (χ1n) is 11.6. The molecule has 1 aromatic heterocycles. The summed E-state index contributed by atoms with van der Waals surface area (Å²) < 4.78 is 5.55. The minimum atomic E-state index is -0.124. The van der Waals surface area contributed by atoms with Crippen molar-refractivity contribution in [2.24, 2.45) is 0 Å². The fourth-order valence-corrected chi connectivity index (χ4v) is 4.44. The molecule has 0 aliphatic carbocycles. The second-order valence-electron chi connectivity index (χ2n) is 8.43.